The van der Waals surface area contributed by atoms with Crippen LogP contribution in [0.5, 0.6) is 0 Å². The molecule has 1 N–H and O–H groups in total. The van der Waals surface area contributed by atoms with Gasteiger partial charge in [-0.3, -0.25) is 0 Å². The number of likely N-dealkylation sites (N-methyl/N-ethyl adjacent to an activating group) is 2. The molecule has 0 aliphatic heterocycles. The van der Waals surface area contributed by atoms with E-state index in [2.05, 4.69) is 31.2 Å². The zero-order valence-electron chi connectivity index (χ0n) is 14.5. The molecule has 2 nitrogen and oxygen atoms in total. The van der Waals surface area contributed by atoms with Crippen molar-refractivity contribution in [1.82, 2.24) is 10.2 Å². The maximum atomic E-state index is 3.74. The Balaban J connectivity index is 1.60. The lowest BCUT2D eigenvalue weighted by molar-refractivity contribution is -0.0766. The molecule has 122 valence electrons. The average molecular weight is 293 g/mol. The molecule has 1 unspecified atom stereocenters. The fraction of sp³-hybridized carbons (Fsp3) is 1.00. The molecule has 0 aromatic carbocycles. The lowest BCUT2D eigenvalue weighted by Crippen LogP contribution is -2.58. The molecule has 0 amide bonds. The van der Waals surface area contributed by atoms with E-state index in [1.165, 1.54) is 51.6 Å². The number of hydrogen-bond donors (Lipinski definition) is 1. The largest absolute Gasteiger partial charge is 0.315 e. The average Bonchev–Trinajstić information content (AvgIpc) is 2.43. The third-order valence-electron chi connectivity index (χ3n) is 6.81. The van der Waals surface area contributed by atoms with Gasteiger partial charge in [0.05, 0.1) is 0 Å². The Bertz CT molecular complexity index is 303. The first-order valence-corrected chi connectivity index (χ1v) is 9.51. The van der Waals surface area contributed by atoms with Gasteiger partial charge in [0.2, 0.25) is 0 Å². The molecule has 4 saturated carbocycles. The van der Waals surface area contributed by atoms with Gasteiger partial charge in [-0.1, -0.05) is 19.8 Å². The van der Waals surface area contributed by atoms with E-state index in [9.17, 15) is 0 Å². The summed E-state index contributed by atoms with van der Waals surface area (Å²) in [6.07, 6.45) is 13.3. The molecule has 21 heavy (non-hydrogen) atoms. The molecule has 0 aromatic rings. The summed E-state index contributed by atoms with van der Waals surface area (Å²) in [4.78, 5) is 2.59. The van der Waals surface area contributed by atoms with Crippen molar-refractivity contribution >= 4 is 0 Å². The number of rotatable bonds is 8. The van der Waals surface area contributed by atoms with Crippen LogP contribution in [0.3, 0.4) is 0 Å². The smallest absolute Gasteiger partial charge is 0.0248 e. The van der Waals surface area contributed by atoms with E-state index in [1.54, 1.807) is 19.3 Å². The zero-order valence-corrected chi connectivity index (χ0v) is 14.5. The molecule has 2 heteroatoms. The Morgan fingerprint density at radius 3 is 2.10 bits per heavy atom. The Morgan fingerprint density at radius 1 is 1.05 bits per heavy atom. The van der Waals surface area contributed by atoms with Crippen molar-refractivity contribution < 1.29 is 0 Å². The first-order valence-electron chi connectivity index (χ1n) is 9.51. The summed E-state index contributed by atoms with van der Waals surface area (Å²) in [6, 6.07) is 0.720. The van der Waals surface area contributed by atoms with Gasteiger partial charge in [-0.25, -0.2) is 0 Å². The monoisotopic (exact) mass is 292 g/mol. The number of hydrogen-bond acceptors (Lipinski definition) is 2. The SMILES string of the molecule is CCCCCN(C)CC(NC)C12CC3CC(CC(C3)C1)C2. The molecule has 4 bridgehead atoms. The van der Waals surface area contributed by atoms with Gasteiger partial charge >= 0.3 is 0 Å². The lowest BCUT2D eigenvalue weighted by atomic mass is 9.47. The van der Waals surface area contributed by atoms with E-state index in [-0.39, 0.29) is 0 Å². The molecule has 0 aromatic heterocycles. The van der Waals surface area contributed by atoms with Gasteiger partial charge in [0, 0.05) is 12.6 Å². The molecule has 0 saturated heterocycles. The van der Waals surface area contributed by atoms with Gasteiger partial charge in [-0.15, -0.1) is 0 Å². The van der Waals surface area contributed by atoms with Gasteiger partial charge in [0.25, 0.3) is 0 Å². The van der Waals surface area contributed by atoms with E-state index in [0.717, 1.165) is 23.8 Å². The highest BCUT2D eigenvalue weighted by Crippen LogP contribution is 2.61. The summed E-state index contributed by atoms with van der Waals surface area (Å²) in [6.45, 7) is 4.83. The second kappa shape index (κ2) is 6.58. The number of nitrogens with zero attached hydrogens (tertiary/aromatic N) is 1. The normalized spacial score (nSPS) is 39.1. The Kier molecular flexibility index (Phi) is 4.95. The van der Waals surface area contributed by atoms with Gasteiger partial charge in [-0.2, -0.15) is 0 Å². The van der Waals surface area contributed by atoms with Crippen LogP contribution in [0.1, 0.15) is 64.7 Å². The molecular formula is C19H36N2. The van der Waals surface area contributed by atoms with Gasteiger partial charge in [0.15, 0.2) is 0 Å². The zero-order chi connectivity index (χ0) is 14.9. The Hall–Kier alpha value is -0.0800. The fourth-order valence-electron chi connectivity index (χ4n) is 6.23. The van der Waals surface area contributed by atoms with E-state index in [1.807, 2.05) is 0 Å². The third-order valence-corrected chi connectivity index (χ3v) is 6.81. The number of nitrogens with one attached hydrogen (secondary N) is 1. The first kappa shape index (κ1) is 15.8. The van der Waals surface area contributed by atoms with Crippen LogP contribution in [0.2, 0.25) is 0 Å². The highest BCUT2D eigenvalue weighted by molar-refractivity contribution is 5.06. The summed E-state index contributed by atoms with van der Waals surface area (Å²) in [5.74, 6) is 3.20. The maximum absolute atomic E-state index is 3.74. The minimum atomic E-state index is 0.641. The van der Waals surface area contributed by atoms with Gasteiger partial charge in [0.1, 0.15) is 0 Å². The summed E-state index contributed by atoms with van der Waals surface area (Å²) >= 11 is 0. The predicted molar refractivity (Wildman–Crippen MR) is 90.5 cm³/mol. The topological polar surface area (TPSA) is 15.3 Å². The van der Waals surface area contributed by atoms with Gasteiger partial charge in [-0.05, 0) is 88.8 Å². The molecular weight excluding hydrogens is 256 g/mol. The minimum Gasteiger partial charge on any atom is -0.315 e. The molecule has 4 fully saturated rings. The highest BCUT2D eigenvalue weighted by atomic mass is 15.1. The van der Waals surface area contributed by atoms with Crippen LogP contribution in [0, 0.1) is 23.2 Å². The van der Waals surface area contributed by atoms with Gasteiger partial charge < -0.3 is 10.2 Å². The van der Waals surface area contributed by atoms with Crippen molar-refractivity contribution in [3.63, 3.8) is 0 Å². The van der Waals surface area contributed by atoms with Crippen molar-refractivity contribution in [1.29, 1.82) is 0 Å². The standard InChI is InChI=1S/C19H36N2/c1-4-5-6-7-21(3)14-18(20-2)19-11-15-8-16(12-19)10-17(9-15)13-19/h15-18,20H,4-14H2,1-3H3. The molecule has 4 aliphatic carbocycles. The predicted octanol–water partition coefficient (Wildman–Crippen LogP) is 3.91. The van der Waals surface area contributed by atoms with Crippen molar-refractivity contribution in [3.8, 4) is 0 Å². The number of unbranched alkanes of at least 4 members (excludes halogenated alkanes) is 2. The van der Waals surface area contributed by atoms with Crippen molar-refractivity contribution in [3.05, 3.63) is 0 Å². The van der Waals surface area contributed by atoms with E-state index >= 15 is 0 Å². The Morgan fingerprint density at radius 2 is 1.62 bits per heavy atom. The quantitative estimate of drug-likeness (QED) is 0.682. The van der Waals surface area contributed by atoms with Crippen molar-refractivity contribution in [2.45, 2.75) is 70.8 Å². The molecule has 0 radical (unpaired) electrons. The van der Waals surface area contributed by atoms with Crippen LogP contribution in [0.4, 0.5) is 0 Å². The van der Waals surface area contributed by atoms with Crippen LogP contribution in [0.25, 0.3) is 0 Å². The third kappa shape index (κ3) is 3.32. The highest BCUT2D eigenvalue weighted by Gasteiger charge is 2.53. The molecule has 0 heterocycles. The summed E-state index contributed by atoms with van der Waals surface area (Å²) < 4.78 is 0. The summed E-state index contributed by atoms with van der Waals surface area (Å²) in [5.41, 5.74) is 0.641. The molecule has 0 spiro atoms. The minimum absolute atomic E-state index is 0.641. The van der Waals surface area contributed by atoms with E-state index in [0.29, 0.717) is 5.41 Å². The lowest BCUT2D eigenvalue weighted by Gasteiger charge is -2.59. The summed E-state index contributed by atoms with van der Waals surface area (Å²) in [5, 5.41) is 3.74. The molecule has 1 atom stereocenters. The van der Waals surface area contributed by atoms with Crippen LogP contribution < -0.4 is 5.32 Å². The van der Waals surface area contributed by atoms with E-state index in [4.69, 9.17) is 0 Å². The first-order chi connectivity index (χ1) is 10.1. The molecule has 4 aliphatic rings. The Labute approximate surface area is 132 Å². The maximum Gasteiger partial charge on any atom is 0.0248 e. The van der Waals surface area contributed by atoms with Crippen LogP contribution in [-0.4, -0.2) is 38.1 Å². The van der Waals surface area contributed by atoms with Crippen LogP contribution in [0.15, 0.2) is 0 Å². The molecule has 4 rings (SSSR count). The summed E-state index contributed by atoms with van der Waals surface area (Å²) in [7, 11) is 4.55. The van der Waals surface area contributed by atoms with Crippen molar-refractivity contribution in [2.24, 2.45) is 23.2 Å². The van der Waals surface area contributed by atoms with Crippen molar-refractivity contribution in [2.75, 3.05) is 27.2 Å². The fourth-order valence-corrected chi connectivity index (χ4v) is 6.23. The second-order valence-electron chi connectivity index (χ2n) is 8.59. The van der Waals surface area contributed by atoms with Crippen LogP contribution >= 0.6 is 0 Å². The van der Waals surface area contributed by atoms with E-state index < -0.39 is 0 Å². The van der Waals surface area contributed by atoms with Crippen LogP contribution in [-0.2, 0) is 0 Å². The second-order valence-corrected chi connectivity index (χ2v) is 8.59.